The molecule has 0 aliphatic rings. The zero-order valence-electron chi connectivity index (χ0n) is 20.8. The van der Waals surface area contributed by atoms with E-state index in [-0.39, 0.29) is 27.9 Å². The van der Waals surface area contributed by atoms with Crippen molar-refractivity contribution in [3.8, 4) is 12.3 Å². The van der Waals surface area contributed by atoms with E-state index in [9.17, 15) is 15.7 Å². The van der Waals surface area contributed by atoms with Gasteiger partial charge in [0, 0.05) is 12.8 Å². The molecular weight excluding hydrogens is 541 g/mol. The maximum Gasteiger partial charge on any atom is 0.341 e. The highest BCUT2D eigenvalue weighted by molar-refractivity contribution is 14.2. The molecule has 0 saturated heterocycles. The average Bonchev–Trinajstić information content (AvgIpc) is 2.81. The second-order valence-electron chi connectivity index (χ2n) is 8.95. The van der Waals surface area contributed by atoms with Crippen LogP contribution in [0, 0.1) is 15.9 Å². The minimum absolute atomic E-state index is 0.00722. The van der Waals surface area contributed by atoms with Crippen molar-refractivity contribution < 1.29 is 15.7 Å². The lowest BCUT2D eigenvalue weighted by Crippen LogP contribution is -2.31. The van der Waals surface area contributed by atoms with E-state index in [0.717, 1.165) is 19.3 Å². The van der Waals surface area contributed by atoms with Gasteiger partial charge in [0.2, 0.25) is 5.91 Å². The topological polar surface area (TPSA) is 80.3 Å². The molecule has 0 aliphatic carbocycles. The standard InChI is InChI=1S/C28H42INO4/c1-3-5-6-7-8-9-10-11-12-13-14-15-16-17-18-23-26(31)30-28(32)25-22-19-21-24(20-4-2)27(25)29(33)34/h2,19,21-22H,3,5-18,20,23H2,1H3,(H,30,31,32). The Morgan fingerprint density at radius 2 is 1.32 bits per heavy atom. The van der Waals surface area contributed by atoms with Crippen molar-refractivity contribution in [2.75, 3.05) is 0 Å². The van der Waals surface area contributed by atoms with Crippen LogP contribution in [0.2, 0.25) is 0 Å². The number of hydrogen-bond acceptors (Lipinski definition) is 4. The molecule has 0 unspecified atom stereocenters. The van der Waals surface area contributed by atoms with Crippen LogP contribution in [-0.2, 0) is 17.4 Å². The molecule has 0 aromatic heterocycles. The summed E-state index contributed by atoms with van der Waals surface area (Å²) in [4.78, 5) is 24.6. The summed E-state index contributed by atoms with van der Waals surface area (Å²) in [5, 5.41) is 2.33. The van der Waals surface area contributed by atoms with Crippen LogP contribution < -0.4 is 5.32 Å². The van der Waals surface area contributed by atoms with Crippen LogP contribution in [0.4, 0.5) is 0 Å². The van der Waals surface area contributed by atoms with E-state index >= 15 is 0 Å². The molecule has 2 amide bonds. The van der Waals surface area contributed by atoms with Crippen molar-refractivity contribution in [3.05, 3.63) is 32.9 Å². The Morgan fingerprint density at radius 3 is 1.79 bits per heavy atom. The SMILES string of the molecule is C#CCc1cccc(C(=O)NC(=O)CCCCCCCCCCCCCCCCC)c1I(=O)=O. The summed E-state index contributed by atoms with van der Waals surface area (Å²) in [6.07, 6.45) is 24.4. The van der Waals surface area contributed by atoms with Gasteiger partial charge in [-0.2, -0.15) is 0 Å². The predicted molar refractivity (Wildman–Crippen MR) is 145 cm³/mol. The number of benzene rings is 1. The minimum Gasteiger partial charge on any atom is -0.292 e. The second-order valence-corrected chi connectivity index (χ2v) is 11.3. The van der Waals surface area contributed by atoms with Crippen LogP contribution in [0.25, 0.3) is 0 Å². The number of nitrogens with one attached hydrogen (secondary N) is 1. The normalized spacial score (nSPS) is 10.9. The summed E-state index contributed by atoms with van der Waals surface area (Å²) in [7, 11) is 0. The number of carbonyl (C=O) groups is 2. The van der Waals surface area contributed by atoms with Crippen molar-refractivity contribution in [1.82, 2.24) is 5.32 Å². The van der Waals surface area contributed by atoms with E-state index < -0.39 is 25.7 Å². The lowest BCUT2D eigenvalue weighted by molar-refractivity contribution is -0.120. The third-order valence-electron chi connectivity index (χ3n) is 6.03. The number of carbonyl (C=O) groups excluding carboxylic acids is 2. The van der Waals surface area contributed by atoms with Crippen molar-refractivity contribution in [2.45, 2.75) is 116 Å². The number of rotatable bonds is 19. The van der Waals surface area contributed by atoms with E-state index in [1.165, 1.54) is 83.1 Å². The summed E-state index contributed by atoms with van der Waals surface area (Å²) in [6.45, 7) is 2.25. The molecule has 0 fully saturated rings. The van der Waals surface area contributed by atoms with Crippen molar-refractivity contribution in [3.63, 3.8) is 0 Å². The fourth-order valence-corrected chi connectivity index (χ4v) is 5.93. The smallest absolute Gasteiger partial charge is 0.292 e. The van der Waals surface area contributed by atoms with Gasteiger partial charge in [-0.3, -0.25) is 14.9 Å². The first kappa shape index (κ1) is 30.3. The van der Waals surface area contributed by atoms with Crippen molar-refractivity contribution >= 4 is 31.6 Å². The maximum atomic E-state index is 12.5. The molecule has 0 bridgehead atoms. The molecule has 5 nitrogen and oxygen atoms in total. The fraction of sp³-hybridized carbons (Fsp3) is 0.643. The molecule has 190 valence electrons. The minimum atomic E-state index is -3.95. The Bertz CT molecular complexity index is 846. The van der Waals surface area contributed by atoms with Crippen LogP contribution >= 0.6 is 19.8 Å². The molecule has 0 aliphatic heterocycles. The lowest BCUT2D eigenvalue weighted by Gasteiger charge is -2.08. The molecule has 0 atom stereocenters. The number of amides is 2. The van der Waals surface area contributed by atoms with Gasteiger partial charge in [0.1, 0.15) is 0 Å². The Morgan fingerprint density at radius 1 is 0.824 bits per heavy atom. The maximum absolute atomic E-state index is 12.5. The second kappa shape index (κ2) is 19.5. The predicted octanol–water partition coefficient (Wildman–Crippen LogP) is 7.75. The molecular formula is C28H42INO4. The molecule has 0 spiro atoms. The highest BCUT2D eigenvalue weighted by Crippen LogP contribution is 2.26. The number of hydrogen-bond donors (Lipinski definition) is 1. The summed E-state index contributed by atoms with van der Waals surface area (Å²) < 4.78 is 23.5. The van der Waals surface area contributed by atoms with Gasteiger partial charge in [0.05, 0.1) is 9.13 Å². The van der Waals surface area contributed by atoms with Crippen LogP contribution in [-0.4, -0.2) is 11.8 Å². The van der Waals surface area contributed by atoms with E-state index in [2.05, 4.69) is 18.2 Å². The number of terminal acetylenes is 1. The molecule has 0 radical (unpaired) electrons. The number of imide groups is 1. The highest BCUT2D eigenvalue weighted by Gasteiger charge is 2.20. The van der Waals surface area contributed by atoms with Gasteiger partial charge in [-0.05, 0) is 18.1 Å². The molecule has 6 heteroatoms. The Balaban J connectivity index is 2.14. The number of unbranched alkanes of at least 4 members (excludes halogenated alkanes) is 14. The van der Waals surface area contributed by atoms with Crippen molar-refractivity contribution in [1.29, 1.82) is 0 Å². The lowest BCUT2D eigenvalue weighted by atomic mass is 10.0. The monoisotopic (exact) mass is 583 g/mol. The van der Waals surface area contributed by atoms with E-state index in [1.807, 2.05) is 0 Å². The first-order valence-electron chi connectivity index (χ1n) is 13.0. The molecule has 0 saturated carbocycles. The molecule has 34 heavy (non-hydrogen) atoms. The molecule has 1 aromatic carbocycles. The van der Waals surface area contributed by atoms with Gasteiger partial charge >= 0.3 is 19.8 Å². The first-order valence-corrected chi connectivity index (χ1v) is 15.8. The third-order valence-corrected chi connectivity index (χ3v) is 8.19. The Labute approximate surface area is 213 Å². The van der Waals surface area contributed by atoms with Crippen LogP contribution in [0.15, 0.2) is 18.2 Å². The first-order chi connectivity index (χ1) is 16.5. The van der Waals surface area contributed by atoms with Gasteiger partial charge in [-0.1, -0.05) is 109 Å². The largest absolute Gasteiger partial charge is 0.341 e. The Kier molecular flexibility index (Phi) is 17.4. The van der Waals surface area contributed by atoms with E-state index in [1.54, 1.807) is 12.1 Å². The summed E-state index contributed by atoms with van der Waals surface area (Å²) in [5.41, 5.74) is 0.438. The summed E-state index contributed by atoms with van der Waals surface area (Å²) in [5.74, 6) is 1.36. The zero-order chi connectivity index (χ0) is 25.0. The molecule has 1 N–H and O–H groups in total. The molecule has 0 heterocycles. The fourth-order valence-electron chi connectivity index (χ4n) is 4.10. The molecule has 1 aromatic rings. The summed E-state index contributed by atoms with van der Waals surface area (Å²) in [6, 6.07) is 4.61. The zero-order valence-corrected chi connectivity index (χ0v) is 23.0. The van der Waals surface area contributed by atoms with Gasteiger partial charge in [0.15, 0.2) is 0 Å². The van der Waals surface area contributed by atoms with E-state index in [0.29, 0.717) is 5.56 Å². The van der Waals surface area contributed by atoms with Crippen LogP contribution in [0.3, 0.4) is 0 Å². The third kappa shape index (κ3) is 13.2. The highest BCUT2D eigenvalue weighted by atomic mass is 127. The molecule has 1 rings (SSSR count). The average molecular weight is 584 g/mol. The number of halogens is 1. The van der Waals surface area contributed by atoms with Crippen molar-refractivity contribution in [2.24, 2.45) is 0 Å². The van der Waals surface area contributed by atoms with Gasteiger partial charge in [-0.25, -0.2) is 6.14 Å². The van der Waals surface area contributed by atoms with E-state index in [4.69, 9.17) is 6.42 Å². The quantitative estimate of drug-likeness (QED) is 0.103. The van der Waals surface area contributed by atoms with Crippen LogP contribution in [0.1, 0.15) is 126 Å². The Hall–Kier alpha value is -1.75. The van der Waals surface area contributed by atoms with Gasteiger partial charge < -0.3 is 0 Å². The van der Waals surface area contributed by atoms with Gasteiger partial charge in [-0.15, -0.1) is 12.3 Å². The summed E-state index contributed by atoms with van der Waals surface area (Å²) >= 11 is -3.95. The van der Waals surface area contributed by atoms with Gasteiger partial charge in [0.25, 0.3) is 5.91 Å². The van der Waals surface area contributed by atoms with Crippen LogP contribution in [0.5, 0.6) is 0 Å².